The Labute approximate surface area is 184 Å². The van der Waals surface area contributed by atoms with Gasteiger partial charge in [-0.1, -0.05) is 29.8 Å². The van der Waals surface area contributed by atoms with Crippen molar-refractivity contribution in [3.05, 3.63) is 77.3 Å². The molecule has 31 heavy (non-hydrogen) atoms. The number of hydrogen-bond donors (Lipinski definition) is 1. The summed E-state index contributed by atoms with van der Waals surface area (Å²) in [7, 11) is -2.67. The molecule has 3 aromatic rings. The van der Waals surface area contributed by atoms with Crippen molar-refractivity contribution in [3.8, 4) is 11.1 Å². The Morgan fingerprint density at radius 3 is 2.42 bits per heavy atom. The van der Waals surface area contributed by atoms with Crippen molar-refractivity contribution in [2.24, 2.45) is 0 Å². The number of benzene rings is 3. The molecule has 4 rings (SSSR count). The first-order chi connectivity index (χ1) is 14.8. The second-order valence-electron chi connectivity index (χ2n) is 6.79. The van der Waals surface area contributed by atoms with Gasteiger partial charge >= 0.3 is 5.97 Å². The monoisotopic (exact) mass is 456 g/mol. The summed E-state index contributed by atoms with van der Waals surface area (Å²) < 4.78 is 32.2. The van der Waals surface area contributed by atoms with Crippen molar-refractivity contribution >= 4 is 44.9 Å². The number of hydrogen-bond acceptors (Lipinski definition) is 5. The van der Waals surface area contributed by atoms with E-state index >= 15 is 0 Å². The number of ether oxygens (including phenoxy) is 1. The number of nitrogens with one attached hydrogen (secondary N) is 1. The number of esters is 1. The largest absolute Gasteiger partial charge is 0.465 e. The maximum Gasteiger partial charge on any atom is 0.337 e. The van der Waals surface area contributed by atoms with Crippen LogP contribution in [0.3, 0.4) is 0 Å². The summed E-state index contributed by atoms with van der Waals surface area (Å²) in [6.45, 7) is -0.427. The number of halogens is 1. The highest BCUT2D eigenvalue weighted by molar-refractivity contribution is 7.93. The van der Waals surface area contributed by atoms with Gasteiger partial charge in [0.05, 0.1) is 23.3 Å². The number of rotatable bonds is 4. The highest BCUT2D eigenvalue weighted by Gasteiger charge is 2.35. The zero-order valence-electron chi connectivity index (χ0n) is 16.3. The standard InChI is InChI=1S/C22H17ClN2O5S/c1-30-22(27)14-6-9-16(10-7-14)24-21(26)13-25-19-11-8-15(23)12-18(19)17-4-2-3-5-20(17)31(25,28)29/h2-12H,13H2,1H3,(H,24,26). The number of fused-ring (bicyclic) bond motifs is 3. The van der Waals surface area contributed by atoms with Crippen molar-refractivity contribution in [2.75, 3.05) is 23.3 Å². The van der Waals surface area contributed by atoms with E-state index in [1.54, 1.807) is 36.4 Å². The Kier molecular flexibility index (Phi) is 5.43. The molecule has 0 radical (unpaired) electrons. The first-order valence-corrected chi connectivity index (χ1v) is 11.0. The van der Waals surface area contributed by atoms with Crippen LogP contribution < -0.4 is 9.62 Å². The molecule has 1 amide bonds. The zero-order valence-corrected chi connectivity index (χ0v) is 17.9. The van der Waals surface area contributed by atoms with Crippen molar-refractivity contribution in [1.29, 1.82) is 0 Å². The highest BCUT2D eigenvalue weighted by atomic mass is 35.5. The molecule has 0 atom stereocenters. The number of amides is 1. The van der Waals surface area contributed by atoms with Gasteiger partial charge in [0, 0.05) is 21.8 Å². The molecule has 1 aliphatic rings. The minimum atomic E-state index is -3.95. The predicted molar refractivity (Wildman–Crippen MR) is 118 cm³/mol. The third-order valence-electron chi connectivity index (χ3n) is 4.85. The second-order valence-corrected chi connectivity index (χ2v) is 9.05. The van der Waals surface area contributed by atoms with Gasteiger partial charge in [0.25, 0.3) is 10.0 Å². The van der Waals surface area contributed by atoms with Gasteiger partial charge in [-0.25, -0.2) is 13.2 Å². The Bertz CT molecular complexity index is 1290. The van der Waals surface area contributed by atoms with Gasteiger partial charge in [-0.3, -0.25) is 9.10 Å². The molecular formula is C22H17ClN2O5S. The van der Waals surface area contributed by atoms with Crippen LogP contribution in [0.25, 0.3) is 11.1 Å². The number of sulfonamides is 1. The lowest BCUT2D eigenvalue weighted by Crippen LogP contribution is -2.40. The van der Waals surface area contributed by atoms with E-state index in [9.17, 15) is 18.0 Å². The zero-order chi connectivity index (χ0) is 22.2. The third-order valence-corrected chi connectivity index (χ3v) is 6.90. The maximum atomic E-state index is 13.3. The Morgan fingerprint density at radius 1 is 1.00 bits per heavy atom. The molecule has 9 heteroatoms. The van der Waals surface area contributed by atoms with Crippen LogP contribution in [0.5, 0.6) is 0 Å². The molecule has 0 saturated heterocycles. The molecule has 0 aromatic heterocycles. The van der Waals surface area contributed by atoms with Crippen LogP contribution in [0, 0.1) is 0 Å². The number of carbonyl (C=O) groups excluding carboxylic acids is 2. The smallest absolute Gasteiger partial charge is 0.337 e. The summed E-state index contributed by atoms with van der Waals surface area (Å²) in [5.74, 6) is -1.03. The van der Waals surface area contributed by atoms with Gasteiger partial charge in [0.1, 0.15) is 6.54 Å². The molecule has 1 N–H and O–H groups in total. The van der Waals surface area contributed by atoms with Crippen LogP contribution in [0.15, 0.2) is 71.6 Å². The number of nitrogens with zero attached hydrogens (tertiary/aromatic N) is 1. The molecule has 0 bridgehead atoms. The van der Waals surface area contributed by atoms with Crippen LogP contribution in [0.2, 0.25) is 5.02 Å². The van der Waals surface area contributed by atoms with Gasteiger partial charge in [-0.2, -0.15) is 0 Å². The molecule has 1 heterocycles. The number of methoxy groups -OCH3 is 1. The van der Waals surface area contributed by atoms with Crippen LogP contribution in [0.1, 0.15) is 10.4 Å². The Balaban J connectivity index is 1.64. The van der Waals surface area contributed by atoms with Gasteiger partial charge < -0.3 is 10.1 Å². The van der Waals surface area contributed by atoms with Crippen molar-refractivity contribution < 1.29 is 22.7 Å². The molecule has 1 aliphatic heterocycles. The number of anilines is 2. The predicted octanol–water partition coefficient (Wildman–Crippen LogP) is 3.94. The van der Waals surface area contributed by atoms with Crippen LogP contribution in [0.4, 0.5) is 11.4 Å². The van der Waals surface area contributed by atoms with E-state index in [0.717, 1.165) is 4.31 Å². The van der Waals surface area contributed by atoms with E-state index in [0.29, 0.717) is 33.1 Å². The Morgan fingerprint density at radius 2 is 1.71 bits per heavy atom. The van der Waals surface area contributed by atoms with Crippen molar-refractivity contribution in [3.63, 3.8) is 0 Å². The minimum Gasteiger partial charge on any atom is -0.465 e. The molecule has 0 fully saturated rings. The summed E-state index contributed by atoms with van der Waals surface area (Å²) in [6.07, 6.45) is 0. The van der Waals surface area contributed by atoms with Gasteiger partial charge in [-0.15, -0.1) is 0 Å². The topological polar surface area (TPSA) is 92.8 Å². The van der Waals surface area contributed by atoms with Crippen molar-refractivity contribution in [2.45, 2.75) is 4.90 Å². The van der Waals surface area contributed by atoms with Gasteiger partial charge in [0.2, 0.25) is 5.91 Å². The van der Waals surface area contributed by atoms with Crippen LogP contribution in [-0.2, 0) is 19.6 Å². The fourth-order valence-corrected chi connectivity index (χ4v) is 5.23. The summed E-state index contributed by atoms with van der Waals surface area (Å²) in [5, 5.41) is 3.12. The summed E-state index contributed by atoms with van der Waals surface area (Å²) in [4.78, 5) is 24.3. The van der Waals surface area contributed by atoms with E-state index in [2.05, 4.69) is 10.1 Å². The van der Waals surface area contributed by atoms with Crippen LogP contribution >= 0.6 is 11.6 Å². The molecule has 0 aliphatic carbocycles. The fraction of sp³-hybridized carbons (Fsp3) is 0.0909. The molecule has 0 spiro atoms. The molecular weight excluding hydrogens is 440 g/mol. The minimum absolute atomic E-state index is 0.111. The summed E-state index contributed by atoms with van der Waals surface area (Å²) in [5.41, 5.74) is 2.30. The first-order valence-electron chi connectivity index (χ1n) is 9.21. The van der Waals surface area contributed by atoms with E-state index < -0.39 is 28.4 Å². The Hall–Kier alpha value is -3.36. The lowest BCUT2D eigenvalue weighted by atomic mass is 10.0. The van der Waals surface area contributed by atoms with Gasteiger partial charge in [-0.05, 0) is 48.5 Å². The van der Waals surface area contributed by atoms with E-state index in [4.69, 9.17) is 11.6 Å². The number of carbonyl (C=O) groups is 2. The second kappa shape index (κ2) is 8.05. The summed E-state index contributed by atoms with van der Waals surface area (Å²) in [6, 6.07) is 17.5. The first kappa shape index (κ1) is 20.9. The molecule has 0 unspecified atom stereocenters. The van der Waals surface area contributed by atoms with E-state index in [1.807, 2.05) is 0 Å². The van der Waals surface area contributed by atoms with E-state index in [1.165, 1.54) is 37.4 Å². The average molecular weight is 457 g/mol. The average Bonchev–Trinajstić information content (AvgIpc) is 2.77. The molecule has 3 aromatic carbocycles. The third kappa shape index (κ3) is 3.87. The lowest BCUT2D eigenvalue weighted by Gasteiger charge is -2.31. The molecule has 158 valence electrons. The lowest BCUT2D eigenvalue weighted by molar-refractivity contribution is -0.114. The highest BCUT2D eigenvalue weighted by Crippen LogP contribution is 2.43. The quantitative estimate of drug-likeness (QED) is 0.600. The van der Waals surface area contributed by atoms with Crippen molar-refractivity contribution in [1.82, 2.24) is 0 Å². The SMILES string of the molecule is COC(=O)c1ccc(NC(=O)CN2c3ccc(Cl)cc3-c3ccccc3S2(=O)=O)cc1. The summed E-state index contributed by atoms with van der Waals surface area (Å²) >= 11 is 6.14. The maximum absolute atomic E-state index is 13.3. The molecule has 7 nitrogen and oxygen atoms in total. The van der Waals surface area contributed by atoms with Gasteiger partial charge in [0.15, 0.2) is 0 Å². The fourth-order valence-electron chi connectivity index (χ4n) is 3.41. The van der Waals surface area contributed by atoms with Crippen LogP contribution in [-0.4, -0.2) is 33.9 Å². The normalized spacial score (nSPS) is 13.7. The molecule has 0 saturated carbocycles. The van der Waals surface area contributed by atoms with E-state index in [-0.39, 0.29) is 4.90 Å².